The van der Waals surface area contributed by atoms with E-state index in [0.29, 0.717) is 17.5 Å². The summed E-state index contributed by atoms with van der Waals surface area (Å²) in [6.45, 7) is 3.72. The monoisotopic (exact) mass is 361 g/mol. The number of aromatic nitrogens is 2. The zero-order valence-electron chi connectivity index (χ0n) is 14.7. The maximum absolute atomic E-state index is 12.7. The molecule has 0 saturated carbocycles. The van der Waals surface area contributed by atoms with Gasteiger partial charge in [0.2, 0.25) is 5.95 Å². The van der Waals surface area contributed by atoms with E-state index < -0.39 is 10.0 Å². The lowest BCUT2D eigenvalue weighted by molar-refractivity contribution is 0.601. The Balaban J connectivity index is 1.93. The number of aryl methyl sites for hydroxylation is 1. The van der Waals surface area contributed by atoms with Crippen molar-refractivity contribution in [1.29, 1.82) is 0 Å². The summed E-state index contributed by atoms with van der Waals surface area (Å²) in [6.07, 6.45) is 3.80. The van der Waals surface area contributed by atoms with Crippen LogP contribution in [0.1, 0.15) is 18.4 Å². The molecule has 0 atom stereocenters. The van der Waals surface area contributed by atoms with Gasteiger partial charge >= 0.3 is 0 Å². The Morgan fingerprint density at radius 1 is 1.20 bits per heavy atom. The third kappa shape index (κ3) is 3.84. The van der Waals surface area contributed by atoms with E-state index in [1.54, 1.807) is 29.3 Å². The number of anilines is 3. The minimum atomic E-state index is -3.69. The second kappa shape index (κ2) is 6.87. The quantitative estimate of drug-likeness (QED) is 0.880. The van der Waals surface area contributed by atoms with Crippen molar-refractivity contribution in [1.82, 2.24) is 9.97 Å². The summed E-state index contributed by atoms with van der Waals surface area (Å²) in [5, 5.41) is 0. The van der Waals surface area contributed by atoms with Gasteiger partial charge in [-0.25, -0.2) is 13.4 Å². The van der Waals surface area contributed by atoms with Crippen molar-refractivity contribution in [3.05, 3.63) is 36.0 Å². The number of hydrogen-bond acceptors (Lipinski definition) is 6. The van der Waals surface area contributed by atoms with Gasteiger partial charge in [0.1, 0.15) is 5.69 Å². The molecule has 2 heterocycles. The maximum Gasteiger partial charge on any atom is 0.262 e. The molecule has 25 heavy (non-hydrogen) atoms. The van der Waals surface area contributed by atoms with Crippen LogP contribution >= 0.6 is 0 Å². The van der Waals surface area contributed by atoms with E-state index in [1.165, 1.54) is 0 Å². The van der Waals surface area contributed by atoms with Crippen molar-refractivity contribution in [2.45, 2.75) is 24.7 Å². The maximum atomic E-state index is 12.7. The Morgan fingerprint density at radius 3 is 2.56 bits per heavy atom. The Kier molecular flexibility index (Phi) is 4.80. The zero-order valence-corrected chi connectivity index (χ0v) is 15.5. The molecule has 1 N–H and O–H groups in total. The third-order valence-corrected chi connectivity index (χ3v) is 5.48. The highest BCUT2D eigenvalue weighted by Crippen LogP contribution is 2.27. The standard InChI is InChI=1S/C17H23N5O2S/c1-13-7-6-8-14(11-13)25(23,24)20-15-12-18-17(19-16(15)21(2)3)22-9-4-5-10-22/h6-8,11-12,20H,4-5,9-10H2,1-3H3. The van der Waals surface area contributed by atoms with Crippen LogP contribution < -0.4 is 14.5 Å². The first-order chi connectivity index (χ1) is 11.9. The van der Waals surface area contributed by atoms with Crippen LogP contribution in [0.25, 0.3) is 0 Å². The Bertz CT molecular complexity index is 861. The minimum Gasteiger partial charge on any atom is -0.361 e. The molecule has 0 aliphatic carbocycles. The normalized spacial score (nSPS) is 14.6. The fourth-order valence-corrected chi connectivity index (χ4v) is 3.98. The Hall–Kier alpha value is -2.35. The number of nitrogens with zero attached hydrogens (tertiary/aromatic N) is 4. The molecule has 1 saturated heterocycles. The van der Waals surface area contributed by atoms with Crippen LogP contribution in [0.15, 0.2) is 35.4 Å². The van der Waals surface area contributed by atoms with E-state index in [2.05, 4.69) is 19.6 Å². The molecule has 7 nitrogen and oxygen atoms in total. The average Bonchev–Trinajstić information content (AvgIpc) is 3.09. The van der Waals surface area contributed by atoms with Gasteiger partial charge in [0.05, 0.1) is 11.1 Å². The van der Waals surface area contributed by atoms with Gasteiger partial charge in [-0.1, -0.05) is 12.1 Å². The molecule has 0 radical (unpaired) electrons. The van der Waals surface area contributed by atoms with Crippen LogP contribution in [0.3, 0.4) is 0 Å². The number of sulfonamides is 1. The topological polar surface area (TPSA) is 78.4 Å². The van der Waals surface area contributed by atoms with E-state index in [9.17, 15) is 8.42 Å². The predicted octanol–water partition coefficient (Wildman–Crippen LogP) is 2.25. The number of benzene rings is 1. The lowest BCUT2D eigenvalue weighted by atomic mass is 10.2. The molecule has 1 aromatic carbocycles. The summed E-state index contributed by atoms with van der Waals surface area (Å²) >= 11 is 0. The van der Waals surface area contributed by atoms with Crippen molar-refractivity contribution < 1.29 is 8.42 Å². The Labute approximate surface area is 148 Å². The summed E-state index contributed by atoms with van der Waals surface area (Å²) < 4.78 is 28.0. The van der Waals surface area contributed by atoms with Gasteiger partial charge in [-0.15, -0.1) is 0 Å². The summed E-state index contributed by atoms with van der Waals surface area (Å²) in [5.74, 6) is 1.19. The first kappa shape index (κ1) is 17.5. The lowest BCUT2D eigenvalue weighted by Gasteiger charge is -2.21. The van der Waals surface area contributed by atoms with Crippen molar-refractivity contribution in [3.63, 3.8) is 0 Å². The summed E-state index contributed by atoms with van der Waals surface area (Å²) in [5.41, 5.74) is 1.26. The van der Waals surface area contributed by atoms with Crippen LogP contribution in [0, 0.1) is 6.92 Å². The molecule has 0 unspecified atom stereocenters. The fraction of sp³-hybridized carbons (Fsp3) is 0.412. The lowest BCUT2D eigenvalue weighted by Crippen LogP contribution is -2.24. The third-order valence-electron chi connectivity index (χ3n) is 4.11. The van der Waals surface area contributed by atoms with Crippen LogP contribution in [-0.2, 0) is 10.0 Å². The molecule has 0 spiro atoms. The number of hydrogen-bond donors (Lipinski definition) is 1. The molecule has 8 heteroatoms. The average molecular weight is 361 g/mol. The molecule has 1 aliphatic rings. The van der Waals surface area contributed by atoms with Gasteiger partial charge < -0.3 is 9.80 Å². The van der Waals surface area contributed by atoms with Crippen molar-refractivity contribution >= 4 is 27.5 Å². The molecule has 2 aromatic rings. The first-order valence-electron chi connectivity index (χ1n) is 8.25. The molecule has 1 aliphatic heterocycles. The van der Waals surface area contributed by atoms with Crippen LogP contribution in [0.5, 0.6) is 0 Å². The fourth-order valence-electron chi connectivity index (χ4n) is 2.83. The summed E-state index contributed by atoms with van der Waals surface area (Å²) in [7, 11) is -0.0262. The highest BCUT2D eigenvalue weighted by Gasteiger charge is 2.21. The summed E-state index contributed by atoms with van der Waals surface area (Å²) in [4.78, 5) is 13.1. The van der Waals surface area contributed by atoms with E-state index in [0.717, 1.165) is 31.5 Å². The predicted molar refractivity (Wildman–Crippen MR) is 99.8 cm³/mol. The van der Waals surface area contributed by atoms with Gasteiger partial charge in [-0.3, -0.25) is 4.72 Å². The van der Waals surface area contributed by atoms with E-state index in [1.807, 2.05) is 27.1 Å². The molecular formula is C17H23N5O2S. The van der Waals surface area contributed by atoms with Crippen LogP contribution in [-0.4, -0.2) is 45.6 Å². The summed E-state index contributed by atoms with van der Waals surface area (Å²) in [6, 6.07) is 6.79. The highest BCUT2D eigenvalue weighted by molar-refractivity contribution is 7.92. The first-order valence-corrected chi connectivity index (χ1v) is 9.74. The van der Waals surface area contributed by atoms with Gasteiger partial charge in [-0.05, 0) is 37.5 Å². The van der Waals surface area contributed by atoms with Crippen LogP contribution in [0.4, 0.5) is 17.5 Å². The molecule has 134 valence electrons. The molecule has 1 fully saturated rings. The highest BCUT2D eigenvalue weighted by atomic mass is 32.2. The second-order valence-electron chi connectivity index (χ2n) is 6.42. The van der Waals surface area contributed by atoms with Crippen LogP contribution in [0.2, 0.25) is 0 Å². The van der Waals surface area contributed by atoms with Gasteiger partial charge in [0.25, 0.3) is 10.0 Å². The number of nitrogens with one attached hydrogen (secondary N) is 1. The Morgan fingerprint density at radius 2 is 1.92 bits per heavy atom. The zero-order chi connectivity index (χ0) is 18.0. The second-order valence-corrected chi connectivity index (χ2v) is 8.10. The smallest absolute Gasteiger partial charge is 0.262 e. The van der Waals surface area contributed by atoms with Gasteiger partial charge in [0.15, 0.2) is 5.82 Å². The minimum absolute atomic E-state index is 0.223. The van der Waals surface area contributed by atoms with Crippen molar-refractivity contribution in [2.75, 3.05) is 41.7 Å². The molecule has 0 bridgehead atoms. The van der Waals surface area contributed by atoms with Gasteiger partial charge in [-0.2, -0.15) is 4.98 Å². The van der Waals surface area contributed by atoms with E-state index >= 15 is 0 Å². The van der Waals surface area contributed by atoms with E-state index in [4.69, 9.17) is 0 Å². The SMILES string of the molecule is Cc1cccc(S(=O)(=O)Nc2cnc(N3CCCC3)nc2N(C)C)c1. The van der Waals surface area contributed by atoms with Gasteiger partial charge in [0, 0.05) is 27.2 Å². The van der Waals surface area contributed by atoms with E-state index in [-0.39, 0.29) is 4.90 Å². The van der Waals surface area contributed by atoms with Crippen molar-refractivity contribution in [3.8, 4) is 0 Å². The molecular weight excluding hydrogens is 338 g/mol. The molecule has 0 amide bonds. The number of rotatable bonds is 5. The molecule has 3 rings (SSSR count). The van der Waals surface area contributed by atoms with Crippen molar-refractivity contribution in [2.24, 2.45) is 0 Å². The largest absolute Gasteiger partial charge is 0.361 e. The molecule has 1 aromatic heterocycles.